The quantitative estimate of drug-likeness (QED) is 0.655. The Bertz CT molecular complexity index is 864. The minimum Gasteiger partial charge on any atom is -0.489 e. The number of fused-ring (bicyclic) bond motifs is 1. The summed E-state index contributed by atoms with van der Waals surface area (Å²) < 4.78 is 9.00. The molecule has 23 heavy (non-hydrogen) atoms. The van der Waals surface area contributed by atoms with Crippen molar-refractivity contribution in [1.82, 2.24) is 14.5 Å². The largest absolute Gasteiger partial charge is 0.489 e. The van der Waals surface area contributed by atoms with Gasteiger partial charge in [-0.05, 0) is 58.9 Å². The molecule has 0 aliphatic rings. The first-order valence-corrected chi connectivity index (χ1v) is 8.46. The molecule has 0 saturated carbocycles. The van der Waals surface area contributed by atoms with Crippen LogP contribution < -0.4 is 4.74 Å². The summed E-state index contributed by atoms with van der Waals surface area (Å²) >= 11 is 3.55. The van der Waals surface area contributed by atoms with Crippen LogP contribution in [0.3, 0.4) is 0 Å². The van der Waals surface area contributed by atoms with Crippen LogP contribution in [0.25, 0.3) is 16.9 Å². The lowest BCUT2D eigenvalue weighted by atomic mass is 10.2. The molecule has 3 rings (SSSR count). The van der Waals surface area contributed by atoms with Gasteiger partial charge in [-0.25, -0.2) is 9.97 Å². The number of aromatic nitrogens is 3. The Morgan fingerprint density at radius 1 is 1.04 bits per heavy atom. The van der Waals surface area contributed by atoms with Crippen molar-refractivity contribution in [3.05, 3.63) is 45.8 Å². The molecule has 0 atom stereocenters. The van der Waals surface area contributed by atoms with Crippen molar-refractivity contribution in [1.29, 1.82) is 0 Å². The molecule has 4 nitrogen and oxygen atoms in total. The van der Waals surface area contributed by atoms with E-state index in [9.17, 15) is 0 Å². The zero-order valence-electron chi connectivity index (χ0n) is 14.0. The molecule has 0 bridgehead atoms. The van der Waals surface area contributed by atoms with Gasteiger partial charge in [0.2, 0.25) is 5.95 Å². The highest BCUT2D eigenvalue weighted by Crippen LogP contribution is 2.31. The molecule has 0 saturated heterocycles. The van der Waals surface area contributed by atoms with Gasteiger partial charge in [0.15, 0.2) is 0 Å². The van der Waals surface area contributed by atoms with Gasteiger partial charge in [0.05, 0.1) is 11.8 Å². The van der Waals surface area contributed by atoms with E-state index in [1.807, 2.05) is 32.9 Å². The summed E-state index contributed by atoms with van der Waals surface area (Å²) in [4.78, 5) is 9.50. The average molecular weight is 374 g/mol. The maximum absolute atomic E-state index is 5.97. The monoisotopic (exact) mass is 373 g/mol. The van der Waals surface area contributed by atoms with Crippen LogP contribution in [0.4, 0.5) is 0 Å². The maximum atomic E-state index is 5.97. The number of rotatable bonds is 3. The SMILES string of the molecule is Cc1nc(-n2c(C)ccc2C)nc2c(OC(C)C)cc(Br)cc12. The number of aryl methyl sites for hydroxylation is 3. The van der Waals surface area contributed by atoms with Gasteiger partial charge in [0.25, 0.3) is 0 Å². The lowest BCUT2D eigenvalue weighted by Gasteiger charge is -2.15. The predicted molar refractivity (Wildman–Crippen MR) is 96.5 cm³/mol. The summed E-state index contributed by atoms with van der Waals surface area (Å²) in [6.07, 6.45) is 0.0845. The molecule has 2 aromatic heterocycles. The highest BCUT2D eigenvalue weighted by Gasteiger charge is 2.15. The van der Waals surface area contributed by atoms with Gasteiger partial charge in [-0.1, -0.05) is 15.9 Å². The summed E-state index contributed by atoms with van der Waals surface area (Å²) in [5, 5.41) is 1.00. The van der Waals surface area contributed by atoms with Gasteiger partial charge in [-0.2, -0.15) is 0 Å². The zero-order chi connectivity index (χ0) is 16.7. The third-order valence-electron chi connectivity index (χ3n) is 3.74. The second-order valence-electron chi connectivity index (χ2n) is 6.03. The van der Waals surface area contributed by atoms with Crippen molar-refractivity contribution < 1.29 is 4.74 Å². The van der Waals surface area contributed by atoms with Crippen molar-refractivity contribution in [2.75, 3.05) is 0 Å². The van der Waals surface area contributed by atoms with Crippen LogP contribution in [0.1, 0.15) is 30.9 Å². The van der Waals surface area contributed by atoms with Gasteiger partial charge in [0.1, 0.15) is 11.3 Å². The molecule has 0 amide bonds. The molecule has 0 spiro atoms. The van der Waals surface area contributed by atoms with Gasteiger partial charge >= 0.3 is 0 Å². The molecule has 0 unspecified atom stereocenters. The smallest absolute Gasteiger partial charge is 0.235 e. The lowest BCUT2D eigenvalue weighted by molar-refractivity contribution is 0.245. The highest BCUT2D eigenvalue weighted by molar-refractivity contribution is 9.10. The van der Waals surface area contributed by atoms with Crippen LogP contribution in [0.15, 0.2) is 28.7 Å². The number of hydrogen-bond acceptors (Lipinski definition) is 3. The van der Waals surface area contributed by atoms with Crippen LogP contribution in [0.5, 0.6) is 5.75 Å². The van der Waals surface area contributed by atoms with E-state index in [0.29, 0.717) is 5.95 Å². The number of nitrogens with zero attached hydrogens (tertiary/aromatic N) is 3. The molecule has 3 aromatic rings. The zero-order valence-corrected chi connectivity index (χ0v) is 15.6. The molecule has 0 radical (unpaired) electrons. The summed E-state index contributed by atoms with van der Waals surface area (Å²) in [6, 6.07) is 8.15. The number of ether oxygens (including phenoxy) is 1. The third kappa shape index (κ3) is 2.98. The van der Waals surface area contributed by atoms with E-state index in [2.05, 4.69) is 46.5 Å². The van der Waals surface area contributed by atoms with E-state index in [-0.39, 0.29) is 6.10 Å². The fourth-order valence-electron chi connectivity index (χ4n) is 2.73. The minimum absolute atomic E-state index is 0.0845. The molecular formula is C18H20BrN3O. The molecule has 1 aromatic carbocycles. The Labute approximate surface area is 144 Å². The van der Waals surface area contributed by atoms with E-state index in [1.165, 1.54) is 0 Å². The van der Waals surface area contributed by atoms with Crippen molar-refractivity contribution in [2.45, 2.75) is 40.7 Å². The molecule has 0 fully saturated rings. The standard InChI is InChI=1S/C18H20BrN3O/c1-10(2)23-16-9-14(19)8-15-13(5)20-18(21-17(15)16)22-11(3)6-7-12(22)4/h6-10H,1-5H3. The number of halogens is 1. The van der Waals surface area contributed by atoms with Crippen molar-refractivity contribution >= 4 is 26.8 Å². The second kappa shape index (κ2) is 5.96. The molecular weight excluding hydrogens is 354 g/mol. The number of hydrogen-bond donors (Lipinski definition) is 0. The van der Waals surface area contributed by atoms with Crippen LogP contribution in [0, 0.1) is 20.8 Å². The van der Waals surface area contributed by atoms with E-state index in [4.69, 9.17) is 14.7 Å². The molecule has 2 heterocycles. The summed E-state index contributed by atoms with van der Waals surface area (Å²) in [7, 11) is 0. The first kappa shape index (κ1) is 16.0. The van der Waals surface area contributed by atoms with Crippen molar-refractivity contribution in [2.24, 2.45) is 0 Å². The topological polar surface area (TPSA) is 39.9 Å². The maximum Gasteiger partial charge on any atom is 0.235 e. The van der Waals surface area contributed by atoms with E-state index < -0.39 is 0 Å². The third-order valence-corrected chi connectivity index (χ3v) is 4.20. The summed E-state index contributed by atoms with van der Waals surface area (Å²) in [5.74, 6) is 1.46. The van der Waals surface area contributed by atoms with Crippen LogP contribution in [0.2, 0.25) is 0 Å². The van der Waals surface area contributed by atoms with Gasteiger partial charge in [-0.15, -0.1) is 0 Å². The Morgan fingerprint density at radius 2 is 1.70 bits per heavy atom. The van der Waals surface area contributed by atoms with Gasteiger partial charge in [0, 0.05) is 21.2 Å². The normalized spacial score (nSPS) is 11.4. The Balaban J connectivity index is 2.30. The van der Waals surface area contributed by atoms with Crippen molar-refractivity contribution in [3.63, 3.8) is 0 Å². The Kier molecular flexibility index (Phi) is 4.15. The van der Waals surface area contributed by atoms with Crippen LogP contribution in [-0.2, 0) is 0 Å². The van der Waals surface area contributed by atoms with E-state index in [0.717, 1.165) is 38.2 Å². The van der Waals surface area contributed by atoms with Gasteiger partial charge in [-0.3, -0.25) is 4.57 Å². The first-order valence-electron chi connectivity index (χ1n) is 7.66. The molecule has 0 aliphatic heterocycles. The second-order valence-corrected chi connectivity index (χ2v) is 6.94. The minimum atomic E-state index is 0.0845. The fraction of sp³-hybridized carbons (Fsp3) is 0.333. The molecule has 120 valence electrons. The molecule has 0 N–H and O–H groups in total. The van der Waals surface area contributed by atoms with E-state index >= 15 is 0 Å². The van der Waals surface area contributed by atoms with Crippen molar-refractivity contribution in [3.8, 4) is 11.7 Å². The fourth-order valence-corrected chi connectivity index (χ4v) is 3.17. The van der Waals surface area contributed by atoms with E-state index in [1.54, 1.807) is 0 Å². The van der Waals surface area contributed by atoms with Crippen LogP contribution >= 0.6 is 15.9 Å². The molecule has 0 aliphatic carbocycles. The highest BCUT2D eigenvalue weighted by atomic mass is 79.9. The number of benzene rings is 1. The van der Waals surface area contributed by atoms with Crippen LogP contribution in [-0.4, -0.2) is 20.6 Å². The Morgan fingerprint density at radius 3 is 2.30 bits per heavy atom. The lowest BCUT2D eigenvalue weighted by Crippen LogP contribution is -2.09. The average Bonchev–Trinajstić information content (AvgIpc) is 2.78. The Hall–Kier alpha value is -1.88. The summed E-state index contributed by atoms with van der Waals surface area (Å²) in [6.45, 7) is 10.2. The summed E-state index contributed by atoms with van der Waals surface area (Å²) in [5.41, 5.74) is 4.01. The predicted octanol–water partition coefficient (Wildman–Crippen LogP) is 4.90. The molecule has 5 heteroatoms. The van der Waals surface area contributed by atoms with Gasteiger partial charge < -0.3 is 4.74 Å². The first-order chi connectivity index (χ1) is 10.9.